The van der Waals surface area contributed by atoms with E-state index in [1.54, 1.807) is 41.1 Å². The fourth-order valence-electron chi connectivity index (χ4n) is 2.46. The molecule has 0 aliphatic heterocycles. The van der Waals surface area contributed by atoms with E-state index in [0.717, 1.165) is 16.9 Å². The third-order valence-electron chi connectivity index (χ3n) is 3.73. The van der Waals surface area contributed by atoms with Crippen LogP contribution in [0.2, 0.25) is 5.02 Å². The fraction of sp³-hybridized carbons (Fsp3) is 0.0952. The molecule has 1 N–H and O–H groups in total. The summed E-state index contributed by atoms with van der Waals surface area (Å²) in [4.78, 5) is 24.0. The highest BCUT2D eigenvalue weighted by atomic mass is 35.5. The van der Waals surface area contributed by atoms with Crippen molar-refractivity contribution in [1.29, 1.82) is 0 Å². The van der Waals surface area contributed by atoms with E-state index in [1.165, 1.54) is 6.08 Å². The lowest BCUT2D eigenvalue weighted by atomic mass is 10.2. The summed E-state index contributed by atoms with van der Waals surface area (Å²) in [6.07, 6.45) is 2.85. The second kappa shape index (κ2) is 9.01. The summed E-state index contributed by atoms with van der Waals surface area (Å²) >= 11 is 5.81. The number of anilines is 1. The number of nitrogens with zero attached hydrogens (tertiary/aromatic N) is 2. The van der Waals surface area contributed by atoms with Crippen LogP contribution in [0.1, 0.15) is 11.3 Å². The Morgan fingerprint density at radius 1 is 1.14 bits per heavy atom. The first kappa shape index (κ1) is 19.4. The summed E-state index contributed by atoms with van der Waals surface area (Å²) in [5, 5.41) is 7.70. The zero-order valence-corrected chi connectivity index (χ0v) is 15.9. The standard InChI is InChI=1S/C21H18ClN3O3/c1-15-13-19(25(24-15)18-5-3-2-4-6-18)23-20(26)14-28-21(27)12-9-16-7-10-17(22)11-8-16/h2-13H,14H2,1H3,(H,23,26)/b12-9+. The van der Waals surface area contributed by atoms with E-state index in [2.05, 4.69) is 10.4 Å². The van der Waals surface area contributed by atoms with Crippen LogP contribution in [-0.2, 0) is 14.3 Å². The predicted octanol–water partition coefficient (Wildman–Crippen LogP) is 4.03. The number of para-hydroxylation sites is 1. The van der Waals surface area contributed by atoms with Crippen LogP contribution >= 0.6 is 11.6 Å². The maximum Gasteiger partial charge on any atom is 0.331 e. The number of rotatable bonds is 6. The molecule has 2 aromatic carbocycles. The number of hydrogen-bond acceptors (Lipinski definition) is 4. The lowest BCUT2D eigenvalue weighted by molar-refractivity contribution is -0.142. The van der Waals surface area contributed by atoms with Gasteiger partial charge in [-0.1, -0.05) is 41.9 Å². The van der Waals surface area contributed by atoms with Crippen molar-refractivity contribution in [3.63, 3.8) is 0 Å². The van der Waals surface area contributed by atoms with Crippen LogP contribution in [0, 0.1) is 6.92 Å². The van der Waals surface area contributed by atoms with Crippen molar-refractivity contribution in [1.82, 2.24) is 9.78 Å². The van der Waals surface area contributed by atoms with Gasteiger partial charge in [-0.15, -0.1) is 0 Å². The third kappa shape index (κ3) is 5.31. The molecule has 1 amide bonds. The van der Waals surface area contributed by atoms with Gasteiger partial charge in [-0.25, -0.2) is 9.48 Å². The largest absolute Gasteiger partial charge is 0.452 e. The summed E-state index contributed by atoms with van der Waals surface area (Å²) in [6.45, 7) is 1.43. The molecule has 6 nitrogen and oxygen atoms in total. The normalized spacial score (nSPS) is 10.8. The van der Waals surface area contributed by atoms with Crippen LogP contribution in [0.25, 0.3) is 11.8 Å². The van der Waals surface area contributed by atoms with E-state index in [9.17, 15) is 9.59 Å². The highest BCUT2D eigenvalue weighted by Crippen LogP contribution is 2.16. The van der Waals surface area contributed by atoms with E-state index in [0.29, 0.717) is 10.8 Å². The Kier molecular flexibility index (Phi) is 6.24. The number of amides is 1. The summed E-state index contributed by atoms with van der Waals surface area (Å²) < 4.78 is 6.60. The summed E-state index contributed by atoms with van der Waals surface area (Å²) in [7, 11) is 0. The van der Waals surface area contributed by atoms with Gasteiger partial charge in [0.05, 0.1) is 11.4 Å². The summed E-state index contributed by atoms with van der Waals surface area (Å²) in [5.41, 5.74) is 2.36. The van der Waals surface area contributed by atoms with E-state index < -0.39 is 18.5 Å². The van der Waals surface area contributed by atoms with E-state index in [-0.39, 0.29) is 0 Å². The number of ether oxygens (including phenoxy) is 1. The molecule has 0 radical (unpaired) electrons. The SMILES string of the molecule is Cc1cc(NC(=O)COC(=O)/C=C/c2ccc(Cl)cc2)n(-c2ccccc2)n1. The van der Waals surface area contributed by atoms with Gasteiger partial charge in [0, 0.05) is 17.2 Å². The van der Waals surface area contributed by atoms with Crippen LogP contribution in [0.5, 0.6) is 0 Å². The molecule has 0 fully saturated rings. The second-order valence-corrected chi connectivity index (χ2v) is 6.40. The molecular formula is C21H18ClN3O3. The number of hydrogen-bond donors (Lipinski definition) is 1. The predicted molar refractivity (Wildman–Crippen MR) is 108 cm³/mol. The lowest BCUT2D eigenvalue weighted by Crippen LogP contribution is -2.21. The van der Waals surface area contributed by atoms with E-state index in [1.807, 2.05) is 37.3 Å². The van der Waals surface area contributed by atoms with Crippen LogP contribution in [0.15, 0.2) is 66.7 Å². The second-order valence-electron chi connectivity index (χ2n) is 5.96. The molecular weight excluding hydrogens is 378 g/mol. The van der Waals surface area contributed by atoms with Gasteiger partial charge in [0.2, 0.25) is 0 Å². The molecule has 7 heteroatoms. The molecule has 0 saturated heterocycles. The fourth-order valence-corrected chi connectivity index (χ4v) is 2.58. The molecule has 3 aromatic rings. The molecule has 0 saturated carbocycles. The molecule has 0 atom stereocenters. The van der Waals surface area contributed by atoms with Crippen molar-refractivity contribution < 1.29 is 14.3 Å². The minimum atomic E-state index is -0.613. The molecule has 1 heterocycles. The minimum Gasteiger partial charge on any atom is -0.452 e. The third-order valence-corrected chi connectivity index (χ3v) is 3.98. The summed E-state index contributed by atoms with van der Waals surface area (Å²) in [6, 6.07) is 18.1. The van der Waals surface area contributed by atoms with Gasteiger partial charge in [-0.2, -0.15) is 5.10 Å². The number of aromatic nitrogens is 2. The number of benzene rings is 2. The van der Waals surface area contributed by atoms with Crippen LogP contribution in [0.3, 0.4) is 0 Å². The van der Waals surface area contributed by atoms with Crippen LogP contribution in [0.4, 0.5) is 5.82 Å². The Morgan fingerprint density at radius 3 is 2.57 bits per heavy atom. The average Bonchev–Trinajstić information content (AvgIpc) is 3.06. The first-order chi connectivity index (χ1) is 13.5. The maximum atomic E-state index is 12.2. The van der Waals surface area contributed by atoms with Crippen molar-refractivity contribution in [2.45, 2.75) is 6.92 Å². The molecule has 142 valence electrons. The maximum absolute atomic E-state index is 12.2. The van der Waals surface area contributed by atoms with Crippen molar-refractivity contribution in [2.75, 3.05) is 11.9 Å². The Hall–Kier alpha value is -3.38. The van der Waals surface area contributed by atoms with Gasteiger partial charge < -0.3 is 10.1 Å². The topological polar surface area (TPSA) is 73.2 Å². The first-order valence-corrected chi connectivity index (χ1v) is 8.91. The van der Waals surface area contributed by atoms with Crippen molar-refractivity contribution >= 4 is 35.4 Å². The van der Waals surface area contributed by atoms with Gasteiger partial charge in [0.1, 0.15) is 5.82 Å². The molecule has 0 unspecified atom stereocenters. The number of halogens is 1. The minimum absolute atomic E-state index is 0.400. The van der Waals surface area contributed by atoms with Gasteiger partial charge in [-0.05, 0) is 42.8 Å². The molecule has 1 aromatic heterocycles. The van der Waals surface area contributed by atoms with Crippen LogP contribution in [-0.4, -0.2) is 28.3 Å². The van der Waals surface area contributed by atoms with E-state index in [4.69, 9.17) is 16.3 Å². The molecule has 0 spiro atoms. The van der Waals surface area contributed by atoms with Gasteiger partial charge in [-0.3, -0.25) is 4.79 Å². The number of esters is 1. The number of aryl methyl sites for hydroxylation is 1. The molecule has 3 rings (SSSR count). The van der Waals surface area contributed by atoms with Crippen molar-refractivity contribution in [3.8, 4) is 5.69 Å². The van der Waals surface area contributed by atoms with Gasteiger partial charge in [0.15, 0.2) is 6.61 Å². The first-order valence-electron chi connectivity index (χ1n) is 8.53. The average molecular weight is 396 g/mol. The van der Waals surface area contributed by atoms with Crippen molar-refractivity contribution in [2.24, 2.45) is 0 Å². The zero-order valence-electron chi connectivity index (χ0n) is 15.1. The quantitative estimate of drug-likeness (QED) is 0.505. The van der Waals surface area contributed by atoms with Gasteiger partial charge in [0.25, 0.3) is 5.91 Å². The highest BCUT2D eigenvalue weighted by Gasteiger charge is 2.12. The Balaban J connectivity index is 1.56. The smallest absolute Gasteiger partial charge is 0.331 e. The molecule has 28 heavy (non-hydrogen) atoms. The van der Waals surface area contributed by atoms with Crippen LogP contribution < -0.4 is 5.32 Å². The van der Waals surface area contributed by atoms with Gasteiger partial charge >= 0.3 is 5.97 Å². The van der Waals surface area contributed by atoms with E-state index >= 15 is 0 Å². The van der Waals surface area contributed by atoms with Crippen molar-refractivity contribution in [3.05, 3.63) is 83.0 Å². The highest BCUT2D eigenvalue weighted by molar-refractivity contribution is 6.30. The monoisotopic (exact) mass is 395 g/mol. The zero-order chi connectivity index (χ0) is 19.9. The lowest BCUT2D eigenvalue weighted by Gasteiger charge is -2.08. The molecule has 0 aliphatic rings. The Bertz CT molecular complexity index is 995. The Labute approximate surface area is 167 Å². The number of nitrogens with one attached hydrogen (secondary N) is 1. The Morgan fingerprint density at radius 2 is 1.86 bits per heavy atom. The molecule has 0 aliphatic carbocycles. The number of carbonyl (C=O) groups excluding carboxylic acids is 2. The molecule has 0 bridgehead atoms. The number of carbonyl (C=O) groups is 2. The summed E-state index contributed by atoms with van der Waals surface area (Å²) in [5.74, 6) is -0.565.